The lowest BCUT2D eigenvalue weighted by atomic mass is 10.2. The van der Waals surface area contributed by atoms with Gasteiger partial charge < -0.3 is 4.57 Å². The molecule has 0 bridgehead atoms. The summed E-state index contributed by atoms with van der Waals surface area (Å²) in [6, 6.07) is 4.15. The molecular weight excluding hydrogens is 322 g/mol. The van der Waals surface area contributed by atoms with E-state index in [2.05, 4.69) is 69.6 Å². The van der Waals surface area contributed by atoms with Gasteiger partial charge in [0.1, 0.15) is 0 Å². The van der Waals surface area contributed by atoms with E-state index >= 15 is 0 Å². The van der Waals surface area contributed by atoms with E-state index in [1.165, 1.54) is 10.5 Å². The molecule has 0 saturated heterocycles. The van der Waals surface area contributed by atoms with E-state index < -0.39 is 0 Å². The molecule has 0 aromatic carbocycles. The SMILES string of the molecule is CC.CCn1c(SCC2=CC=CC=CC2)nnc1-c1cccs1. The number of allylic oxidation sites excluding steroid dienone is 5. The van der Waals surface area contributed by atoms with Crippen molar-refractivity contribution in [1.82, 2.24) is 14.8 Å². The molecule has 122 valence electrons. The maximum absolute atomic E-state index is 4.37. The van der Waals surface area contributed by atoms with Crippen LogP contribution in [-0.2, 0) is 6.54 Å². The molecule has 2 heterocycles. The first kappa shape index (κ1) is 17.8. The molecule has 0 amide bonds. The first-order valence-corrected chi connectivity index (χ1v) is 9.86. The Balaban J connectivity index is 0.000000924. The van der Waals surface area contributed by atoms with Gasteiger partial charge in [-0.15, -0.1) is 21.5 Å². The van der Waals surface area contributed by atoms with Crippen LogP contribution in [0.1, 0.15) is 27.2 Å². The normalized spacial score (nSPS) is 13.3. The summed E-state index contributed by atoms with van der Waals surface area (Å²) in [6.45, 7) is 7.03. The maximum atomic E-state index is 4.37. The molecule has 1 aliphatic carbocycles. The number of rotatable bonds is 5. The molecule has 0 spiro atoms. The van der Waals surface area contributed by atoms with E-state index in [4.69, 9.17) is 0 Å². The average Bonchev–Trinajstić information content (AvgIpc) is 3.18. The van der Waals surface area contributed by atoms with Crippen molar-refractivity contribution in [1.29, 1.82) is 0 Å². The van der Waals surface area contributed by atoms with Crippen molar-refractivity contribution in [3.63, 3.8) is 0 Å². The molecule has 1 aliphatic rings. The molecule has 23 heavy (non-hydrogen) atoms. The van der Waals surface area contributed by atoms with Gasteiger partial charge in [-0.25, -0.2) is 0 Å². The molecule has 0 aliphatic heterocycles. The third-order valence-corrected chi connectivity index (χ3v) is 5.17. The quantitative estimate of drug-likeness (QED) is 0.662. The summed E-state index contributed by atoms with van der Waals surface area (Å²) < 4.78 is 2.19. The Labute approximate surface area is 146 Å². The van der Waals surface area contributed by atoms with Crippen LogP contribution in [0.2, 0.25) is 0 Å². The molecule has 0 unspecified atom stereocenters. The van der Waals surface area contributed by atoms with Crippen molar-refractivity contribution in [2.24, 2.45) is 0 Å². The third-order valence-electron chi connectivity index (χ3n) is 3.23. The number of hydrogen-bond donors (Lipinski definition) is 0. The molecule has 0 N–H and O–H groups in total. The van der Waals surface area contributed by atoms with E-state index in [1.54, 1.807) is 23.1 Å². The largest absolute Gasteiger partial charge is 0.302 e. The summed E-state index contributed by atoms with van der Waals surface area (Å²) in [6.07, 6.45) is 11.7. The fourth-order valence-electron chi connectivity index (χ4n) is 2.15. The van der Waals surface area contributed by atoms with Crippen LogP contribution in [0.4, 0.5) is 0 Å². The summed E-state index contributed by atoms with van der Waals surface area (Å²) in [4.78, 5) is 1.18. The van der Waals surface area contributed by atoms with Crippen molar-refractivity contribution in [2.45, 2.75) is 38.9 Å². The maximum Gasteiger partial charge on any atom is 0.191 e. The Hall–Kier alpha value is -1.59. The van der Waals surface area contributed by atoms with Crippen LogP contribution in [0.15, 0.2) is 58.6 Å². The number of nitrogens with zero attached hydrogens (tertiary/aromatic N) is 3. The Morgan fingerprint density at radius 2 is 2.09 bits per heavy atom. The highest BCUT2D eigenvalue weighted by atomic mass is 32.2. The van der Waals surface area contributed by atoms with E-state index in [0.29, 0.717) is 0 Å². The highest BCUT2D eigenvalue weighted by molar-refractivity contribution is 7.99. The predicted molar refractivity (Wildman–Crippen MR) is 102 cm³/mol. The minimum absolute atomic E-state index is 0.890. The molecule has 2 aromatic heterocycles. The lowest BCUT2D eigenvalue weighted by molar-refractivity contribution is 0.688. The first-order chi connectivity index (χ1) is 11.4. The van der Waals surface area contributed by atoms with Gasteiger partial charge in [-0.2, -0.15) is 0 Å². The fourth-order valence-corrected chi connectivity index (χ4v) is 3.87. The van der Waals surface area contributed by atoms with Gasteiger partial charge in [0.2, 0.25) is 0 Å². The first-order valence-electron chi connectivity index (χ1n) is 7.99. The number of thiophene rings is 1. The molecule has 2 aromatic rings. The number of hydrogen-bond acceptors (Lipinski definition) is 4. The Morgan fingerprint density at radius 1 is 1.22 bits per heavy atom. The van der Waals surface area contributed by atoms with Gasteiger partial charge in [-0.05, 0) is 24.8 Å². The van der Waals surface area contributed by atoms with Gasteiger partial charge in [0.05, 0.1) is 4.88 Å². The summed E-state index contributed by atoms with van der Waals surface area (Å²) in [5.74, 6) is 1.93. The second-order valence-electron chi connectivity index (χ2n) is 4.66. The van der Waals surface area contributed by atoms with Crippen LogP contribution in [0.3, 0.4) is 0 Å². The van der Waals surface area contributed by atoms with Crippen LogP contribution in [0, 0.1) is 0 Å². The van der Waals surface area contributed by atoms with E-state index in [0.717, 1.165) is 29.7 Å². The van der Waals surface area contributed by atoms with Crippen LogP contribution in [0.5, 0.6) is 0 Å². The molecule has 0 atom stereocenters. The van der Waals surface area contributed by atoms with E-state index in [1.807, 2.05) is 13.8 Å². The lowest BCUT2D eigenvalue weighted by Gasteiger charge is -2.07. The third kappa shape index (κ3) is 4.69. The zero-order valence-corrected chi connectivity index (χ0v) is 15.5. The Kier molecular flexibility index (Phi) is 7.36. The van der Waals surface area contributed by atoms with Gasteiger partial charge >= 0.3 is 0 Å². The molecule has 3 nitrogen and oxygen atoms in total. The summed E-state index contributed by atoms with van der Waals surface area (Å²) >= 11 is 3.47. The second kappa shape index (κ2) is 9.53. The second-order valence-corrected chi connectivity index (χ2v) is 6.55. The van der Waals surface area contributed by atoms with Crippen molar-refractivity contribution in [3.8, 4) is 10.7 Å². The minimum atomic E-state index is 0.890. The standard InChI is InChI=1S/C16H17N3S2.C2H6/c1-2-19-15(14-10-7-11-20-14)17-18-16(19)21-12-13-8-5-3-4-6-9-13;1-2/h3-8,10-11H,2,9,12H2,1H3;1-2H3. The van der Waals surface area contributed by atoms with E-state index in [-0.39, 0.29) is 0 Å². The average molecular weight is 346 g/mol. The van der Waals surface area contributed by atoms with Crippen LogP contribution in [0.25, 0.3) is 10.7 Å². The number of thioether (sulfide) groups is 1. The highest BCUT2D eigenvalue weighted by Gasteiger charge is 2.14. The lowest BCUT2D eigenvalue weighted by Crippen LogP contribution is -1.99. The Bertz CT molecular complexity index is 679. The van der Waals surface area contributed by atoms with Gasteiger partial charge in [0, 0.05) is 12.3 Å². The van der Waals surface area contributed by atoms with Crippen molar-refractivity contribution < 1.29 is 0 Å². The predicted octanol–water partition coefficient (Wildman–Crippen LogP) is 5.59. The molecule has 5 heteroatoms. The van der Waals surface area contributed by atoms with Crippen LogP contribution < -0.4 is 0 Å². The Morgan fingerprint density at radius 3 is 2.83 bits per heavy atom. The fraction of sp³-hybridized carbons (Fsp3) is 0.333. The van der Waals surface area contributed by atoms with Crippen LogP contribution >= 0.6 is 23.1 Å². The monoisotopic (exact) mass is 345 g/mol. The zero-order valence-electron chi connectivity index (χ0n) is 13.9. The zero-order chi connectivity index (χ0) is 16.5. The van der Waals surface area contributed by atoms with Gasteiger partial charge in [0.25, 0.3) is 0 Å². The summed E-state index contributed by atoms with van der Waals surface area (Å²) in [7, 11) is 0. The van der Waals surface area contributed by atoms with Gasteiger partial charge in [-0.1, -0.05) is 67.6 Å². The molecule has 3 rings (SSSR count). The van der Waals surface area contributed by atoms with E-state index in [9.17, 15) is 0 Å². The van der Waals surface area contributed by atoms with Crippen molar-refractivity contribution in [3.05, 3.63) is 53.5 Å². The number of aromatic nitrogens is 3. The van der Waals surface area contributed by atoms with Crippen LogP contribution in [-0.4, -0.2) is 20.5 Å². The summed E-state index contributed by atoms with van der Waals surface area (Å²) in [5, 5.41) is 11.8. The molecule has 0 radical (unpaired) electrons. The van der Waals surface area contributed by atoms with Gasteiger partial charge in [0.15, 0.2) is 11.0 Å². The topological polar surface area (TPSA) is 30.7 Å². The summed E-state index contributed by atoms with van der Waals surface area (Å²) in [5.41, 5.74) is 1.41. The molecular formula is C18H23N3S2. The van der Waals surface area contributed by atoms with Crippen molar-refractivity contribution in [2.75, 3.05) is 5.75 Å². The smallest absolute Gasteiger partial charge is 0.191 e. The minimum Gasteiger partial charge on any atom is -0.302 e. The van der Waals surface area contributed by atoms with Gasteiger partial charge in [-0.3, -0.25) is 0 Å². The highest BCUT2D eigenvalue weighted by Crippen LogP contribution is 2.28. The molecule has 0 saturated carbocycles. The molecule has 0 fully saturated rings. The van der Waals surface area contributed by atoms with Crippen molar-refractivity contribution >= 4 is 23.1 Å².